The Labute approximate surface area is 109 Å². The summed E-state index contributed by atoms with van der Waals surface area (Å²) in [5, 5.41) is 0. The number of hydrogen-bond acceptors (Lipinski definition) is 1. The van der Waals surface area contributed by atoms with Crippen LogP contribution in [0.5, 0.6) is 0 Å². The molecule has 0 saturated heterocycles. The van der Waals surface area contributed by atoms with E-state index in [1.54, 1.807) is 0 Å². The molecule has 0 aromatic carbocycles. The fourth-order valence-electron chi connectivity index (χ4n) is 1.88. The van der Waals surface area contributed by atoms with E-state index in [0.717, 1.165) is 5.92 Å². The maximum absolute atomic E-state index is 4.13. The van der Waals surface area contributed by atoms with Gasteiger partial charge in [0.1, 0.15) is 0 Å². The highest BCUT2D eigenvalue weighted by atomic mass is 14.6. The minimum atomic E-state index is 0.752. The van der Waals surface area contributed by atoms with E-state index in [2.05, 4.69) is 18.0 Å². The number of nitrogens with zero attached hydrogens (tertiary/aromatic N) is 1. The third-order valence-electron chi connectivity index (χ3n) is 2.56. The van der Waals surface area contributed by atoms with Gasteiger partial charge in [-0.2, -0.15) is 0 Å². The average molecular weight is 237 g/mol. The number of aromatic nitrogens is 1. The SMILES string of the molecule is CC.CC.CC.CC1CCCc2cnccc21. The van der Waals surface area contributed by atoms with Gasteiger partial charge in [0, 0.05) is 12.4 Å². The molecule has 0 N–H and O–H groups in total. The molecule has 1 heterocycles. The van der Waals surface area contributed by atoms with E-state index >= 15 is 0 Å². The van der Waals surface area contributed by atoms with Crippen molar-refractivity contribution >= 4 is 0 Å². The van der Waals surface area contributed by atoms with Gasteiger partial charge in [0.25, 0.3) is 0 Å². The standard InChI is InChI=1S/C10H13N.3C2H6/c1-8-3-2-4-9-7-11-6-5-10(8)9;3*1-2/h5-8H,2-4H2,1H3;3*1-2H3. The van der Waals surface area contributed by atoms with Crippen LogP contribution >= 0.6 is 0 Å². The van der Waals surface area contributed by atoms with Crippen molar-refractivity contribution in [1.82, 2.24) is 4.98 Å². The minimum Gasteiger partial charge on any atom is -0.264 e. The Morgan fingerprint density at radius 3 is 2.18 bits per heavy atom. The summed E-state index contributed by atoms with van der Waals surface area (Å²) in [5.41, 5.74) is 2.98. The second kappa shape index (κ2) is 13.2. The maximum Gasteiger partial charge on any atom is 0.0302 e. The van der Waals surface area contributed by atoms with Crippen LogP contribution in [0.3, 0.4) is 0 Å². The highest BCUT2D eigenvalue weighted by Gasteiger charge is 2.14. The van der Waals surface area contributed by atoms with Crippen LogP contribution < -0.4 is 0 Å². The fourth-order valence-corrected chi connectivity index (χ4v) is 1.88. The van der Waals surface area contributed by atoms with Crippen LogP contribution in [0, 0.1) is 0 Å². The van der Waals surface area contributed by atoms with Gasteiger partial charge in [-0.05, 0) is 42.4 Å². The highest BCUT2D eigenvalue weighted by molar-refractivity contribution is 5.28. The fraction of sp³-hybridized carbons (Fsp3) is 0.688. The normalized spacial score (nSPS) is 15.8. The van der Waals surface area contributed by atoms with Crippen LogP contribution in [0.2, 0.25) is 0 Å². The molecule has 0 amide bonds. The van der Waals surface area contributed by atoms with Gasteiger partial charge in [-0.15, -0.1) is 0 Å². The van der Waals surface area contributed by atoms with Crippen LogP contribution in [-0.2, 0) is 6.42 Å². The quantitative estimate of drug-likeness (QED) is 0.572. The third kappa shape index (κ3) is 6.45. The van der Waals surface area contributed by atoms with Gasteiger partial charge in [-0.3, -0.25) is 4.98 Å². The van der Waals surface area contributed by atoms with Crippen LogP contribution in [0.4, 0.5) is 0 Å². The number of aryl methyl sites for hydroxylation is 1. The summed E-state index contributed by atoms with van der Waals surface area (Å²) in [6.45, 7) is 14.3. The lowest BCUT2D eigenvalue weighted by Gasteiger charge is -2.20. The Bertz CT molecular complexity index is 255. The molecule has 0 saturated carbocycles. The highest BCUT2D eigenvalue weighted by Crippen LogP contribution is 2.29. The summed E-state index contributed by atoms with van der Waals surface area (Å²) in [6.07, 6.45) is 7.83. The molecular weight excluding hydrogens is 206 g/mol. The molecule has 2 rings (SSSR count). The largest absolute Gasteiger partial charge is 0.264 e. The van der Waals surface area contributed by atoms with Crippen LogP contribution in [0.25, 0.3) is 0 Å². The van der Waals surface area contributed by atoms with Gasteiger partial charge in [-0.1, -0.05) is 48.5 Å². The van der Waals surface area contributed by atoms with Gasteiger partial charge >= 0.3 is 0 Å². The van der Waals surface area contributed by atoms with E-state index in [4.69, 9.17) is 0 Å². The Morgan fingerprint density at radius 1 is 1.06 bits per heavy atom. The number of pyridine rings is 1. The van der Waals surface area contributed by atoms with Crippen molar-refractivity contribution in [3.8, 4) is 0 Å². The van der Waals surface area contributed by atoms with Crippen molar-refractivity contribution in [2.75, 3.05) is 0 Å². The van der Waals surface area contributed by atoms with Gasteiger partial charge in [0.2, 0.25) is 0 Å². The Balaban J connectivity index is 0. The molecule has 1 atom stereocenters. The summed E-state index contributed by atoms with van der Waals surface area (Å²) >= 11 is 0. The Kier molecular flexibility index (Phi) is 14.4. The predicted octanol–water partition coefficient (Wildman–Crippen LogP) is 5.60. The van der Waals surface area contributed by atoms with Gasteiger partial charge < -0.3 is 0 Å². The van der Waals surface area contributed by atoms with E-state index < -0.39 is 0 Å². The Hall–Kier alpha value is -0.850. The molecule has 0 spiro atoms. The first kappa shape index (κ1) is 18.5. The number of hydrogen-bond donors (Lipinski definition) is 0. The maximum atomic E-state index is 4.13. The van der Waals surface area contributed by atoms with E-state index in [1.807, 2.05) is 53.9 Å². The molecule has 1 aliphatic rings. The van der Waals surface area contributed by atoms with Gasteiger partial charge in [0.05, 0.1) is 0 Å². The molecule has 1 aliphatic carbocycles. The zero-order valence-corrected chi connectivity index (χ0v) is 12.9. The van der Waals surface area contributed by atoms with Crippen LogP contribution in [-0.4, -0.2) is 4.98 Å². The molecule has 0 bridgehead atoms. The molecular formula is C16H31N. The van der Waals surface area contributed by atoms with E-state index in [1.165, 1.54) is 30.4 Å². The summed E-state index contributed by atoms with van der Waals surface area (Å²) in [4.78, 5) is 4.13. The second-order valence-corrected chi connectivity index (χ2v) is 3.37. The molecule has 0 fully saturated rings. The number of rotatable bonds is 0. The topological polar surface area (TPSA) is 12.9 Å². The first-order chi connectivity index (χ1) is 8.38. The first-order valence-electron chi connectivity index (χ1n) is 7.30. The van der Waals surface area contributed by atoms with Crippen molar-refractivity contribution in [2.45, 2.75) is 73.6 Å². The zero-order valence-electron chi connectivity index (χ0n) is 12.9. The van der Waals surface area contributed by atoms with Crippen LogP contribution in [0.15, 0.2) is 18.5 Å². The van der Waals surface area contributed by atoms with Gasteiger partial charge in [0.15, 0.2) is 0 Å². The average Bonchev–Trinajstić information content (AvgIpc) is 2.46. The number of fused-ring (bicyclic) bond motifs is 1. The lowest BCUT2D eigenvalue weighted by molar-refractivity contribution is 0.588. The van der Waals surface area contributed by atoms with Gasteiger partial charge in [-0.25, -0.2) is 0 Å². The van der Waals surface area contributed by atoms with Crippen LogP contribution in [0.1, 0.15) is 78.4 Å². The second-order valence-electron chi connectivity index (χ2n) is 3.37. The molecule has 0 radical (unpaired) electrons. The van der Waals surface area contributed by atoms with Crippen molar-refractivity contribution in [1.29, 1.82) is 0 Å². The van der Waals surface area contributed by atoms with Crippen molar-refractivity contribution in [3.05, 3.63) is 29.6 Å². The third-order valence-corrected chi connectivity index (χ3v) is 2.56. The molecule has 1 nitrogen and oxygen atoms in total. The monoisotopic (exact) mass is 237 g/mol. The molecule has 1 unspecified atom stereocenters. The molecule has 17 heavy (non-hydrogen) atoms. The predicted molar refractivity (Wildman–Crippen MR) is 79.6 cm³/mol. The molecule has 0 aliphatic heterocycles. The van der Waals surface area contributed by atoms with E-state index in [-0.39, 0.29) is 0 Å². The lowest BCUT2D eigenvalue weighted by Crippen LogP contribution is -2.06. The van der Waals surface area contributed by atoms with Crippen molar-refractivity contribution < 1.29 is 0 Å². The summed E-state index contributed by atoms with van der Waals surface area (Å²) in [6, 6.07) is 2.17. The lowest BCUT2D eigenvalue weighted by atomic mass is 9.85. The zero-order chi connectivity index (χ0) is 13.7. The summed E-state index contributed by atoms with van der Waals surface area (Å²) in [5.74, 6) is 0.752. The smallest absolute Gasteiger partial charge is 0.0302 e. The minimum absolute atomic E-state index is 0.752. The first-order valence-corrected chi connectivity index (χ1v) is 7.30. The summed E-state index contributed by atoms with van der Waals surface area (Å²) < 4.78 is 0. The molecule has 1 aromatic rings. The summed E-state index contributed by atoms with van der Waals surface area (Å²) in [7, 11) is 0. The van der Waals surface area contributed by atoms with E-state index in [0.29, 0.717) is 0 Å². The Morgan fingerprint density at radius 2 is 1.65 bits per heavy atom. The van der Waals surface area contributed by atoms with Crippen molar-refractivity contribution in [2.24, 2.45) is 0 Å². The molecule has 100 valence electrons. The molecule has 1 heteroatoms. The van der Waals surface area contributed by atoms with Crippen molar-refractivity contribution in [3.63, 3.8) is 0 Å². The molecule has 1 aromatic heterocycles. The van der Waals surface area contributed by atoms with E-state index in [9.17, 15) is 0 Å².